The molecule has 0 aliphatic heterocycles. The number of hydrogen-bond acceptors (Lipinski definition) is 4. The fourth-order valence-corrected chi connectivity index (χ4v) is 5.75. The third kappa shape index (κ3) is 6.60. The first-order chi connectivity index (χ1) is 18.8. The average Bonchev–Trinajstić information content (AvgIpc) is 3.50. The van der Waals surface area contributed by atoms with Crippen molar-refractivity contribution in [3.05, 3.63) is 98.2 Å². The standard InChI is InChI=1S/C12H13ClN2.C12H10ClNO.C6H7ClN2.ClH/c13-7-4-5-11-9(6-7)8-2-1-3-10(14)12(8)15-11;13-7-4-5-10-9(6-7)8-2-1-3-11(15)12(8)14-10;7-5-1-3-6(9-8)4-2-5;/h4-6,10,15H,1-3,14H2;4-6,14H,1-3H2;1-4,9H,8H2;1H. The third-order valence-electron chi connectivity index (χ3n) is 7.20. The van der Waals surface area contributed by atoms with Gasteiger partial charge < -0.3 is 21.1 Å². The number of nitrogens with one attached hydrogen (secondary N) is 3. The average molecular weight is 619 g/mol. The van der Waals surface area contributed by atoms with Crippen LogP contribution in [0.5, 0.6) is 0 Å². The van der Waals surface area contributed by atoms with Crippen molar-refractivity contribution >= 4 is 80.5 Å². The van der Waals surface area contributed by atoms with E-state index < -0.39 is 0 Å². The summed E-state index contributed by atoms with van der Waals surface area (Å²) >= 11 is 17.6. The van der Waals surface area contributed by atoms with Gasteiger partial charge in [0.15, 0.2) is 5.78 Å². The molecular formula is C30H31Cl4N5O. The van der Waals surface area contributed by atoms with Gasteiger partial charge >= 0.3 is 0 Å². The summed E-state index contributed by atoms with van der Waals surface area (Å²) in [5.41, 5.74) is 16.1. The van der Waals surface area contributed by atoms with Crippen molar-refractivity contribution in [1.82, 2.24) is 9.97 Å². The van der Waals surface area contributed by atoms with Gasteiger partial charge in [0.2, 0.25) is 0 Å². The van der Waals surface area contributed by atoms with Gasteiger partial charge in [-0.05, 0) is 104 Å². The minimum atomic E-state index is 0. The molecule has 2 aliphatic carbocycles. The van der Waals surface area contributed by atoms with Gasteiger partial charge in [0.1, 0.15) is 0 Å². The van der Waals surface area contributed by atoms with Crippen molar-refractivity contribution in [2.75, 3.05) is 5.43 Å². The molecule has 40 heavy (non-hydrogen) atoms. The van der Waals surface area contributed by atoms with Crippen molar-refractivity contribution < 1.29 is 4.79 Å². The molecule has 210 valence electrons. The third-order valence-corrected chi connectivity index (χ3v) is 7.92. The van der Waals surface area contributed by atoms with Gasteiger partial charge in [0, 0.05) is 60.7 Å². The van der Waals surface area contributed by atoms with Gasteiger partial charge in [-0.25, -0.2) is 0 Å². The molecule has 5 aromatic rings. The Hall–Kier alpha value is -2.71. The van der Waals surface area contributed by atoms with Crippen molar-refractivity contribution in [2.24, 2.45) is 11.6 Å². The molecule has 2 aliphatic rings. The lowest BCUT2D eigenvalue weighted by Crippen LogP contribution is -2.16. The molecule has 2 heterocycles. The number of rotatable bonds is 1. The summed E-state index contributed by atoms with van der Waals surface area (Å²) in [5, 5.41) is 4.58. The number of H-pyrrole nitrogens is 2. The number of carbonyl (C=O) groups excluding carboxylic acids is 1. The number of hydrogen-bond donors (Lipinski definition) is 5. The Morgan fingerprint density at radius 1 is 0.750 bits per heavy atom. The monoisotopic (exact) mass is 617 g/mol. The molecule has 10 heteroatoms. The highest BCUT2D eigenvalue weighted by Gasteiger charge is 2.22. The molecule has 0 spiro atoms. The van der Waals surface area contributed by atoms with Crippen LogP contribution in [0.4, 0.5) is 5.69 Å². The zero-order valence-electron chi connectivity index (χ0n) is 21.7. The maximum atomic E-state index is 11.7. The predicted octanol–water partition coefficient (Wildman–Crippen LogP) is 8.55. The van der Waals surface area contributed by atoms with Crippen LogP contribution in [0, 0.1) is 0 Å². The zero-order chi connectivity index (χ0) is 27.5. The molecule has 7 rings (SSSR count). The van der Waals surface area contributed by atoms with Crippen LogP contribution in [0.1, 0.15) is 59.0 Å². The van der Waals surface area contributed by atoms with Gasteiger partial charge in [-0.15, -0.1) is 12.4 Å². The van der Waals surface area contributed by atoms with Gasteiger partial charge in [-0.1, -0.05) is 34.8 Å². The van der Waals surface area contributed by atoms with Crippen molar-refractivity contribution in [3.8, 4) is 0 Å². The maximum Gasteiger partial charge on any atom is 0.179 e. The summed E-state index contributed by atoms with van der Waals surface area (Å²) < 4.78 is 0. The number of halogens is 4. The number of ketones is 1. The van der Waals surface area contributed by atoms with Crippen molar-refractivity contribution in [2.45, 2.75) is 44.6 Å². The minimum absolute atomic E-state index is 0. The second-order valence-corrected chi connectivity index (χ2v) is 11.1. The van der Waals surface area contributed by atoms with E-state index in [4.69, 9.17) is 46.4 Å². The van der Waals surface area contributed by atoms with Gasteiger partial charge in [0.05, 0.1) is 5.69 Å². The lowest BCUT2D eigenvalue weighted by molar-refractivity contribution is 0.0968. The fraction of sp³-hybridized carbons (Fsp3) is 0.233. The van der Waals surface area contributed by atoms with E-state index in [0.29, 0.717) is 11.4 Å². The minimum Gasteiger partial charge on any atom is -0.357 e. The van der Waals surface area contributed by atoms with E-state index in [1.54, 1.807) is 12.1 Å². The molecule has 0 amide bonds. The first-order valence-corrected chi connectivity index (χ1v) is 14.1. The SMILES string of the molecule is Cl.NC1CCCc2c1[nH]c1ccc(Cl)cc21.NNc1ccc(Cl)cc1.O=C1CCCc2c1[nH]c1ccc(Cl)cc21. The van der Waals surface area contributed by atoms with E-state index in [2.05, 4.69) is 15.4 Å². The van der Waals surface area contributed by atoms with E-state index in [9.17, 15) is 4.79 Å². The summed E-state index contributed by atoms with van der Waals surface area (Å²) in [6.07, 6.45) is 5.95. The van der Waals surface area contributed by atoms with E-state index in [-0.39, 0.29) is 24.2 Å². The van der Waals surface area contributed by atoms with Crippen LogP contribution in [-0.2, 0) is 12.8 Å². The Balaban J connectivity index is 0.000000142. The van der Waals surface area contributed by atoms with Gasteiger partial charge in [-0.3, -0.25) is 10.6 Å². The largest absolute Gasteiger partial charge is 0.357 e. The first kappa shape index (κ1) is 30.3. The number of aryl methyl sites for hydroxylation is 2. The highest BCUT2D eigenvalue weighted by atomic mass is 35.5. The molecule has 0 fully saturated rings. The van der Waals surface area contributed by atoms with Gasteiger partial charge in [-0.2, -0.15) is 0 Å². The Labute approximate surface area is 254 Å². The van der Waals surface area contributed by atoms with Crippen LogP contribution in [0.3, 0.4) is 0 Å². The van der Waals surface area contributed by atoms with Crippen LogP contribution in [-0.4, -0.2) is 15.8 Å². The topological polar surface area (TPSA) is 113 Å². The van der Waals surface area contributed by atoms with E-state index in [1.807, 2.05) is 48.5 Å². The van der Waals surface area contributed by atoms with E-state index >= 15 is 0 Å². The normalized spacial score (nSPS) is 15.6. The van der Waals surface area contributed by atoms with E-state index in [0.717, 1.165) is 69.1 Å². The number of carbonyl (C=O) groups is 1. The molecule has 7 N–H and O–H groups in total. The summed E-state index contributed by atoms with van der Waals surface area (Å²) in [7, 11) is 0. The van der Waals surface area contributed by atoms with E-state index in [1.165, 1.54) is 23.1 Å². The number of benzene rings is 3. The van der Waals surface area contributed by atoms with Crippen LogP contribution in [0.15, 0.2) is 60.7 Å². The molecule has 0 radical (unpaired) electrons. The Kier molecular flexibility index (Phi) is 10.1. The van der Waals surface area contributed by atoms with Crippen LogP contribution in [0.25, 0.3) is 21.8 Å². The summed E-state index contributed by atoms with van der Waals surface area (Å²) in [6.45, 7) is 0. The number of Topliss-reactive ketones (excluding diaryl/α,β-unsaturated/α-hetero) is 1. The Bertz CT molecular complexity index is 1630. The molecule has 1 unspecified atom stereocenters. The molecule has 6 nitrogen and oxygen atoms in total. The molecular weight excluding hydrogens is 588 g/mol. The molecule has 3 aromatic carbocycles. The molecule has 0 saturated heterocycles. The second kappa shape index (κ2) is 13.3. The number of nitrogens with two attached hydrogens (primary N) is 2. The molecule has 0 saturated carbocycles. The maximum absolute atomic E-state index is 11.7. The number of hydrazine groups is 1. The predicted molar refractivity (Wildman–Crippen MR) is 170 cm³/mol. The Morgan fingerprint density at radius 2 is 1.32 bits per heavy atom. The van der Waals surface area contributed by atoms with Crippen LogP contribution < -0.4 is 17.0 Å². The fourth-order valence-electron chi connectivity index (χ4n) is 5.28. The van der Waals surface area contributed by atoms with Crippen molar-refractivity contribution in [1.29, 1.82) is 0 Å². The first-order valence-electron chi connectivity index (χ1n) is 12.9. The number of fused-ring (bicyclic) bond motifs is 6. The van der Waals surface area contributed by atoms with Crippen LogP contribution in [0.2, 0.25) is 15.1 Å². The summed E-state index contributed by atoms with van der Waals surface area (Å²) in [4.78, 5) is 18.3. The second-order valence-electron chi connectivity index (χ2n) is 9.80. The zero-order valence-corrected chi connectivity index (χ0v) is 24.8. The van der Waals surface area contributed by atoms with Crippen molar-refractivity contribution in [3.63, 3.8) is 0 Å². The number of nitrogen functional groups attached to an aromatic ring is 1. The highest BCUT2D eigenvalue weighted by Crippen LogP contribution is 2.34. The Morgan fingerprint density at radius 3 is 1.98 bits per heavy atom. The molecule has 2 aromatic heterocycles. The van der Waals surface area contributed by atoms with Gasteiger partial charge in [0.25, 0.3) is 0 Å². The molecule has 1 atom stereocenters. The quantitative estimate of drug-likeness (QED) is 0.0956. The number of aromatic nitrogens is 2. The lowest BCUT2D eigenvalue weighted by Gasteiger charge is -2.18. The number of anilines is 1. The summed E-state index contributed by atoms with van der Waals surface area (Å²) in [5.74, 6) is 5.33. The summed E-state index contributed by atoms with van der Waals surface area (Å²) in [6, 6.07) is 19.0. The smallest absolute Gasteiger partial charge is 0.179 e. The highest BCUT2D eigenvalue weighted by molar-refractivity contribution is 6.32. The molecule has 0 bridgehead atoms. The lowest BCUT2D eigenvalue weighted by atomic mass is 9.92. The van der Waals surface area contributed by atoms with Crippen LogP contribution >= 0.6 is 47.2 Å². The number of aromatic amines is 2.